The van der Waals surface area contributed by atoms with Gasteiger partial charge < -0.3 is 11.1 Å². The number of amides is 1. The SMILES string of the molecule is CC(C(=O)NCCCCC(F)(F)F)c1cccc(N)c1. The maximum atomic E-state index is 11.9. The van der Waals surface area contributed by atoms with Crippen LogP contribution in [-0.4, -0.2) is 18.6 Å². The van der Waals surface area contributed by atoms with E-state index in [1.807, 2.05) is 0 Å². The second kappa shape index (κ2) is 7.17. The van der Waals surface area contributed by atoms with Gasteiger partial charge in [-0.15, -0.1) is 0 Å². The Labute approximate surface area is 116 Å². The molecular formula is C14H19F3N2O. The summed E-state index contributed by atoms with van der Waals surface area (Å²) in [6.07, 6.45) is -4.60. The number of hydrogen-bond acceptors (Lipinski definition) is 2. The number of nitrogens with one attached hydrogen (secondary N) is 1. The van der Waals surface area contributed by atoms with E-state index in [2.05, 4.69) is 5.32 Å². The third-order valence-corrected chi connectivity index (χ3v) is 2.99. The van der Waals surface area contributed by atoms with Crippen LogP contribution >= 0.6 is 0 Å². The van der Waals surface area contributed by atoms with E-state index in [1.54, 1.807) is 31.2 Å². The highest BCUT2D eigenvalue weighted by Gasteiger charge is 2.25. The van der Waals surface area contributed by atoms with Gasteiger partial charge in [-0.1, -0.05) is 12.1 Å². The van der Waals surface area contributed by atoms with Gasteiger partial charge in [0, 0.05) is 18.7 Å². The number of nitrogen functional groups attached to an aromatic ring is 1. The highest BCUT2D eigenvalue weighted by atomic mass is 19.4. The summed E-state index contributed by atoms with van der Waals surface area (Å²) < 4.78 is 35.8. The molecule has 0 aliphatic rings. The van der Waals surface area contributed by atoms with Crippen molar-refractivity contribution in [3.63, 3.8) is 0 Å². The Bertz CT molecular complexity index is 446. The van der Waals surface area contributed by atoms with Gasteiger partial charge in [-0.2, -0.15) is 13.2 Å². The van der Waals surface area contributed by atoms with Crippen LogP contribution in [0.15, 0.2) is 24.3 Å². The van der Waals surface area contributed by atoms with E-state index in [4.69, 9.17) is 5.73 Å². The van der Waals surface area contributed by atoms with Crippen molar-refractivity contribution in [3.05, 3.63) is 29.8 Å². The number of unbranched alkanes of at least 4 members (excludes halogenated alkanes) is 1. The fraction of sp³-hybridized carbons (Fsp3) is 0.500. The molecule has 1 rings (SSSR count). The van der Waals surface area contributed by atoms with E-state index < -0.39 is 12.6 Å². The zero-order valence-electron chi connectivity index (χ0n) is 11.3. The van der Waals surface area contributed by atoms with Crippen molar-refractivity contribution in [3.8, 4) is 0 Å². The Morgan fingerprint density at radius 1 is 1.35 bits per heavy atom. The minimum atomic E-state index is -4.13. The van der Waals surface area contributed by atoms with Crippen molar-refractivity contribution in [1.29, 1.82) is 0 Å². The van der Waals surface area contributed by atoms with Crippen LogP contribution in [0, 0.1) is 0 Å². The number of carbonyl (C=O) groups excluding carboxylic acids is 1. The molecule has 3 N–H and O–H groups in total. The molecule has 1 aromatic carbocycles. The summed E-state index contributed by atoms with van der Waals surface area (Å²) >= 11 is 0. The molecule has 0 fully saturated rings. The number of anilines is 1. The zero-order valence-corrected chi connectivity index (χ0v) is 11.3. The number of hydrogen-bond donors (Lipinski definition) is 2. The Kier molecular flexibility index (Phi) is 5.85. The first-order valence-corrected chi connectivity index (χ1v) is 6.49. The minimum absolute atomic E-state index is 0.0243. The van der Waals surface area contributed by atoms with Crippen LogP contribution in [-0.2, 0) is 4.79 Å². The predicted molar refractivity (Wildman–Crippen MR) is 72.2 cm³/mol. The fourth-order valence-electron chi connectivity index (χ4n) is 1.79. The van der Waals surface area contributed by atoms with Gasteiger partial charge in [0.2, 0.25) is 5.91 Å². The van der Waals surface area contributed by atoms with Crippen LogP contribution in [0.3, 0.4) is 0 Å². The first kappa shape index (κ1) is 16.3. The molecule has 0 radical (unpaired) electrons. The standard InChI is InChI=1S/C14H19F3N2O/c1-10(11-5-4-6-12(18)9-11)13(20)19-8-3-2-7-14(15,16)17/h4-6,9-10H,2-3,7-8,18H2,1H3,(H,19,20). The van der Waals surface area contributed by atoms with E-state index in [9.17, 15) is 18.0 Å². The van der Waals surface area contributed by atoms with Gasteiger partial charge in [0.1, 0.15) is 0 Å². The molecule has 0 saturated carbocycles. The average Bonchev–Trinajstić information content (AvgIpc) is 2.36. The summed E-state index contributed by atoms with van der Waals surface area (Å²) in [5.41, 5.74) is 7.00. The second-order valence-corrected chi connectivity index (χ2v) is 4.76. The van der Waals surface area contributed by atoms with Crippen LogP contribution in [0.5, 0.6) is 0 Å². The Balaban J connectivity index is 2.32. The molecule has 1 atom stereocenters. The number of carbonyl (C=O) groups is 1. The smallest absolute Gasteiger partial charge is 0.389 e. The lowest BCUT2D eigenvalue weighted by molar-refractivity contribution is -0.135. The Hall–Kier alpha value is -1.72. The van der Waals surface area contributed by atoms with Gasteiger partial charge in [0.05, 0.1) is 5.92 Å². The molecule has 1 unspecified atom stereocenters. The molecule has 0 aliphatic carbocycles. The summed E-state index contributed by atoms with van der Waals surface area (Å²) in [7, 11) is 0. The minimum Gasteiger partial charge on any atom is -0.399 e. The molecule has 6 heteroatoms. The summed E-state index contributed by atoms with van der Waals surface area (Å²) in [6.45, 7) is 1.99. The molecule has 112 valence electrons. The highest BCUT2D eigenvalue weighted by Crippen LogP contribution is 2.22. The molecule has 0 aromatic heterocycles. The largest absolute Gasteiger partial charge is 0.399 e. The normalized spacial score (nSPS) is 13.0. The van der Waals surface area contributed by atoms with Crippen LogP contribution in [0.4, 0.5) is 18.9 Å². The first-order valence-electron chi connectivity index (χ1n) is 6.49. The summed E-state index contributed by atoms with van der Waals surface area (Å²) in [6, 6.07) is 7.00. The van der Waals surface area contributed by atoms with Gasteiger partial charge in [-0.25, -0.2) is 0 Å². The lowest BCUT2D eigenvalue weighted by Crippen LogP contribution is -2.29. The van der Waals surface area contributed by atoms with Gasteiger partial charge in [-0.3, -0.25) is 4.79 Å². The fourth-order valence-corrected chi connectivity index (χ4v) is 1.79. The van der Waals surface area contributed by atoms with Crippen molar-refractivity contribution in [2.75, 3.05) is 12.3 Å². The molecule has 0 saturated heterocycles. The number of benzene rings is 1. The second-order valence-electron chi connectivity index (χ2n) is 4.76. The average molecular weight is 288 g/mol. The van der Waals surface area contributed by atoms with Crippen molar-refractivity contribution >= 4 is 11.6 Å². The molecule has 20 heavy (non-hydrogen) atoms. The van der Waals surface area contributed by atoms with Crippen molar-refractivity contribution in [2.24, 2.45) is 0 Å². The van der Waals surface area contributed by atoms with E-state index in [0.717, 1.165) is 5.56 Å². The number of nitrogens with two attached hydrogens (primary N) is 1. The summed E-state index contributed by atoms with van der Waals surface area (Å²) in [4.78, 5) is 11.8. The van der Waals surface area contributed by atoms with E-state index >= 15 is 0 Å². The molecule has 0 spiro atoms. The maximum Gasteiger partial charge on any atom is 0.389 e. The van der Waals surface area contributed by atoms with Crippen LogP contribution in [0.2, 0.25) is 0 Å². The number of rotatable bonds is 6. The number of halogens is 3. The third kappa shape index (κ3) is 5.95. The van der Waals surface area contributed by atoms with Crippen molar-refractivity contribution in [2.45, 2.75) is 38.3 Å². The van der Waals surface area contributed by atoms with E-state index in [-0.39, 0.29) is 24.8 Å². The Morgan fingerprint density at radius 3 is 2.65 bits per heavy atom. The maximum absolute atomic E-state index is 11.9. The van der Waals surface area contributed by atoms with Crippen LogP contribution in [0.1, 0.15) is 37.7 Å². The molecule has 3 nitrogen and oxygen atoms in total. The monoisotopic (exact) mass is 288 g/mol. The van der Waals surface area contributed by atoms with Crippen molar-refractivity contribution < 1.29 is 18.0 Å². The highest BCUT2D eigenvalue weighted by molar-refractivity contribution is 5.83. The predicted octanol–water partition coefficient (Wildman–Crippen LogP) is 3.22. The first-order chi connectivity index (χ1) is 9.29. The molecular weight excluding hydrogens is 269 g/mol. The van der Waals surface area contributed by atoms with Crippen LogP contribution in [0.25, 0.3) is 0 Å². The quantitative estimate of drug-likeness (QED) is 0.624. The molecule has 0 bridgehead atoms. The molecule has 1 aromatic rings. The number of alkyl halides is 3. The van der Waals surface area contributed by atoms with Gasteiger partial charge in [-0.05, 0) is 37.5 Å². The van der Waals surface area contributed by atoms with Crippen molar-refractivity contribution in [1.82, 2.24) is 5.32 Å². The van der Waals surface area contributed by atoms with Gasteiger partial charge in [0.15, 0.2) is 0 Å². The van der Waals surface area contributed by atoms with Gasteiger partial charge >= 0.3 is 6.18 Å². The summed E-state index contributed by atoms with van der Waals surface area (Å²) in [5.74, 6) is -0.580. The topological polar surface area (TPSA) is 55.1 Å². The zero-order chi connectivity index (χ0) is 15.2. The van der Waals surface area contributed by atoms with Gasteiger partial charge in [0.25, 0.3) is 0 Å². The molecule has 0 aliphatic heterocycles. The van der Waals surface area contributed by atoms with E-state index in [0.29, 0.717) is 12.1 Å². The third-order valence-electron chi connectivity index (χ3n) is 2.99. The lowest BCUT2D eigenvalue weighted by atomic mass is 10.00. The lowest BCUT2D eigenvalue weighted by Gasteiger charge is -2.13. The Morgan fingerprint density at radius 2 is 2.05 bits per heavy atom. The van der Waals surface area contributed by atoms with Crippen LogP contribution < -0.4 is 11.1 Å². The molecule has 1 amide bonds. The molecule has 0 heterocycles. The summed E-state index contributed by atoms with van der Waals surface area (Å²) in [5, 5.41) is 2.64. The van der Waals surface area contributed by atoms with E-state index in [1.165, 1.54) is 0 Å².